The molecule has 0 aliphatic carbocycles. The Kier molecular flexibility index (Phi) is 3.45. The van der Waals surface area contributed by atoms with Crippen molar-refractivity contribution in [2.75, 3.05) is 0 Å². The van der Waals surface area contributed by atoms with Crippen LogP contribution in [0.1, 0.15) is 0 Å². The monoisotopic (exact) mass is 270 g/mol. The van der Waals surface area contributed by atoms with E-state index in [1.807, 2.05) is 0 Å². The molecule has 6 heteroatoms. The van der Waals surface area contributed by atoms with E-state index in [0.717, 1.165) is 0 Å². The minimum atomic E-state index is -5.86. The molecular formula is H3O5Re. The summed E-state index contributed by atoms with van der Waals surface area (Å²) in [5.74, 6) is 0. The Labute approximate surface area is 36.2 Å². The van der Waals surface area contributed by atoms with Gasteiger partial charge in [0.2, 0.25) is 0 Å². The fourth-order valence-electron chi connectivity index (χ4n) is 0. The first-order chi connectivity index (χ1) is 2.00. The fraction of sp³-hybridized carbons (Fsp3) is 0. The predicted molar refractivity (Wildman–Crippen MR) is 7.89 cm³/mol. The normalized spacial score (nSPS) is 9.50. The van der Waals surface area contributed by atoms with Gasteiger partial charge in [-0.3, -0.25) is 0 Å². The van der Waals surface area contributed by atoms with Gasteiger partial charge in [-0.05, 0) is 0 Å². The quantitative estimate of drug-likeness (QED) is 0.563. The molecule has 0 aromatic carbocycles. The summed E-state index contributed by atoms with van der Waals surface area (Å²) in [4.78, 5) is 0. The molecule has 5 nitrogen and oxygen atoms in total. The maximum atomic E-state index is 8.75. The van der Waals surface area contributed by atoms with Crippen LogP contribution in [-0.2, 0) is 26.2 Å². The van der Waals surface area contributed by atoms with Gasteiger partial charge in [0.05, 0.1) is 0 Å². The third kappa shape index (κ3) is 114000. The Morgan fingerprint density at radius 1 is 1.17 bits per heavy atom. The third-order valence-corrected chi connectivity index (χ3v) is 0. The van der Waals surface area contributed by atoms with Crippen LogP contribution in [0.5, 0.6) is 0 Å². The van der Waals surface area contributed by atoms with Crippen LogP contribution in [0.15, 0.2) is 0 Å². The van der Waals surface area contributed by atoms with Gasteiger partial charge in [-0.15, -0.1) is 0 Å². The van der Waals surface area contributed by atoms with Crippen molar-refractivity contribution in [3.05, 3.63) is 0 Å². The Balaban J connectivity index is 0. The van der Waals surface area contributed by atoms with Gasteiger partial charge in [-0.1, -0.05) is 0 Å². The van der Waals surface area contributed by atoms with Crippen LogP contribution in [0, 0.1) is 0 Å². The second-order valence-electron chi connectivity index (χ2n) is 0.396. The zero-order valence-corrected chi connectivity index (χ0v) is 5.27. The maximum absolute atomic E-state index is 8.75. The average molecular weight is 269 g/mol. The molecule has 0 aliphatic heterocycles. The Bertz CT molecular complexity index is 125. The standard InChI is InChI=1S/2H2O.3O.Re/h2*1H2;;;;/q;;;;;+1/p-1. The van der Waals surface area contributed by atoms with Crippen LogP contribution < -0.4 is 0 Å². The third-order valence-electron chi connectivity index (χ3n) is 0. The van der Waals surface area contributed by atoms with E-state index in [9.17, 15) is 0 Å². The van der Waals surface area contributed by atoms with Gasteiger partial charge in [-0.2, -0.15) is 0 Å². The van der Waals surface area contributed by atoms with E-state index in [4.69, 9.17) is 14.2 Å². The molecule has 0 amide bonds. The van der Waals surface area contributed by atoms with Crippen LogP contribution in [0.3, 0.4) is 0 Å². The van der Waals surface area contributed by atoms with Gasteiger partial charge in [0.25, 0.3) is 0 Å². The molecule has 0 bridgehead atoms. The van der Waals surface area contributed by atoms with Crippen molar-refractivity contribution in [2.45, 2.75) is 0 Å². The van der Waals surface area contributed by atoms with E-state index in [2.05, 4.69) is 0 Å². The van der Waals surface area contributed by atoms with Gasteiger partial charge in [0.15, 0.2) is 0 Å². The molecule has 40 valence electrons. The SMILES string of the molecule is O.[O]=[Re](=[O])(=[O])[OH]. The minimum absolute atomic E-state index is 0. The number of hydrogen-bond acceptors (Lipinski definition) is 3. The van der Waals surface area contributed by atoms with Crippen molar-refractivity contribution in [3.63, 3.8) is 0 Å². The summed E-state index contributed by atoms with van der Waals surface area (Å²) < 4.78 is 33.3. The zero-order valence-electron chi connectivity index (χ0n) is 2.55. The molecule has 6 heavy (non-hydrogen) atoms. The average Bonchev–Trinajstić information content (AvgIpc) is 0.722. The summed E-state index contributed by atoms with van der Waals surface area (Å²) in [6, 6.07) is 0. The van der Waals surface area contributed by atoms with E-state index in [1.54, 1.807) is 0 Å². The van der Waals surface area contributed by atoms with Crippen molar-refractivity contribution < 1.29 is 35.5 Å². The van der Waals surface area contributed by atoms with Gasteiger partial charge in [0.1, 0.15) is 0 Å². The summed E-state index contributed by atoms with van der Waals surface area (Å²) >= 11 is -5.86. The van der Waals surface area contributed by atoms with Crippen molar-refractivity contribution in [1.29, 1.82) is 0 Å². The van der Waals surface area contributed by atoms with Crippen molar-refractivity contribution in [3.8, 4) is 0 Å². The second-order valence-corrected chi connectivity index (χ2v) is 3.24. The zero-order chi connectivity index (χ0) is 4.50. The molecule has 0 rings (SSSR count). The topological polar surface area (TPSA) is 103 Å². The van der Waals surface area contributed by atoms with Gasteiger partial charge < -0.3 is 5.48 Å². The Morgan fingerprint density at radius 2 is 1.17 bits per heavy atom. The molecule has 0 aromatic rings. The molecule has 3 N–H and O–H groups in total. The van der Waals surface area contributed by atoms with Crippen LogP contribution in [0.25, 0.3) is 0 Å². The Morgan fingerprint density at radius 3 is 1.17 bits per heavy atom. The van der Waals surface area contributed by atoms with Gasteiger partial charge in [0, 0.05) is 0 Å². The first-order valence-electron chi connectivity index (χ1n) is 0.632. The summed E-state index contributed by atoms with van der Waals surface area (Å²) in [6.45, 7) is 0. The summed E-state index contributed by atoms with van der Waals surface area (Å²) in [7, 11) is 0. The van der Waals surface area contributed by atoms with E-state index in [1.165, 1.54) is 0 Å². The van der Waals surface area contributed by atoms with Crippen molar-refractivity contribution in [2.24, 2.45) is 0 Å². The molecule has 0 unspecified atom stereocenters. The van der Waals surface area contributed by atoms with Crippen LogP contribution in [-0.4, -0.2) is 9.31 Å². The van der Waals surface area contributed by atoms with E-state index >= 15 is 0 Å². The number of hydrogen-bond donors (Lipinski definition) is 1. The molecule has 0 saturated heterocycles. The predicted octanol–water partition coefficient (Wildman–Crippen LogP) is -1.74. The number of rotatable bonds is 0. The van der Waals surface area contributed by atoms with Crippen molar-refractivity contribution >= 4 is 0 Å². The van der Waals surface area contributed by atoms with Crippen LogP contribution >= 0.6 is 0 Å². The first kappa shape index (κ1) is 9.36. The van der Waals surface area contributed by atoms with Crippen LogP contribution in [0.2, 0.25) is 0 Å². The summed E-state index contributed by atoms with van der Waals surface area (Å²) in [5.41, 5.74) is 0. The molecule has 0 aromatic heterocycles. The Hall–Kier alpha value is -0.0177. The fourth-order valence-corrected chi connectivity index (χ4v) is 0. The molecule has 0 fully saturated rings. The molecule has 0 spiro atoms. The molecule has 0 heterocycles. The molecule has 0 aliphatic rings. The molecule has 0 saturated carbocycles. The van der Waals surface area contributed by atoms with Gasteiger partial charge >= 0.3 is 30.0 Å². The summed E-state index contributed by atoms with van der Waals surface area (Å²) in [6.07, 6.45) is 0. The van der Waals surface area contributed by atoms with E-state index < -0.39 is 15.8 Å². The van der Waals surface area contributed by atoms with Crippen LogP contribution in [0.4, 0.5) is 0 Å². The van der Waals surface area contributed by atoms with E-state index in [0.29, 0.717) is 0 Å². The van der Waals surface area contributed by atoms with Gasteiger partial charge in [-0.25, -0.2) is 0 Å². The molecular weight excluding hydrogens is 266 g/mol. The second kappa shape index (κ2) is 2.21. The first-order valence-corrected chi connectivity index (χ1v) is 5.17. The molecule has 0 atom stereocenters. The summed E-state index contributed by atoms with van der Waals surface area (Å²) in [5, 5.41) is 0. The van der Waals surface area contributed by atoms with E-state index in [-0.39, 0.29) is 5.48 Å². The van der Waals surface area contributed by atoms with Crippen molar-refractivity contribution in [1.82, 2.24) is 0 Å². The molecule has 0 radical (unpaired) electrons.